The summed E-state index contributed by atoms with van der Waals surface area (Å²) in [7, 11) is 1.76. The van der Waals surface area contributed by atoms with E-state index < -0.39 is 5.91 Å². The number of halogens is 1. The molecule has 7 heteroatoms. The fourth-order valence-electron chi connectivity index (χ4n) is 2.28. The minimum Gasteiger partial charge on any atom is -0.310 e. The fraction of sp³-hybridized carbons (Fsp3) is 0.188. The second-order valence-electron chi connectivity index (χ2n) is 5.08. The van der Waals surface area contributed by atoms with Gasteiger partial charge in [0.25, 0.3) is 5.91 Å². The molecule has 1 amide bonds. The molecule has 0 saturated heterocycles. The van der Waals surface area contributed by atoms with Crippen molar-refractivity contribution >= 4 is 27.5 Å². The maximum atomic E-state index is 14.1. The van der Waals surface area contributed by atoms with Crippen molar-refractivity contribution in [1.82, 2.24) is 14.3 Å². The number of fused-ring (bicyclic) bond motifs is 1. The summed E-state index contributed by atoms with van der Waals surface area (Å²) in [6, 6.07) is 6.51. The van der Waals surface area contributed by atoms with Gasteiger partial charge in [-0.05, 0) is 25.1 Å². The van der Waals surface area contributed by atoms with E-state index in [4.69, 9.17) is 0 Å². The smallest absolute Gasteiger partial charge is 0.300 e. The van der Waals surface area contributed by atoms with Crippen LogP contribution < -0.4 is 4.80 Å². The number of allylic oxidation sites excluding steroid dienone is 1. The topological polar surface area (TPSA) is 52.2 Å². The van der Waals surface area contributed by atoms with E-state index in [1.807, 2.05) is 6.92 Å². The van der Waals surface area contributed by atoms with Crippen LogP contribution in [0.3, 0.4) is 0 Å². The third-order valence-electron chi connectivity index (χ3n) is 3.49. The standard InChI is InChI=1S/C16H15FN4OS/c1-4-8-21-14-11(17)6-5-7-13(14)23-16(21)18-15(22)12-9-10(2)20(3)19-12/h4-7,9H,1,8H2,2-3H3. The van der Waals surface area contributed by atoms with Crippen LogP contribution in [0.5, 0.6) is 0 Å². The summed E-state index contributed by atoms with van der Waals surface area (Å²) in [5.41, 5.74) is 1.57. The lowest BCUT2D eigenvalue weighted by atomic mass is 10.3. The molecular weight excluding hydrogens is 315 g/mol. The molecule has 118 valence electrons. The molecule has 0 unspecified atom stereocenters. The maximum absolute atomic E-state index is 14.1. The largest absolute Gasteiger partial charge is 0.310 e. The van der Waals surface area contributed by atoms with Crippen molar-refractivity contribution in [2.75, 3.05) is 0 Å². The van der Waals surface area contributed by atoms with Crippen LogP contribution in [0.4, 0.5) is 4.39 Å². The Morgan fingerprint density at radius 2 is 2.30 bits per heavy atom. The number of thiazole rings is 1. The minimum atomic E-state index is -0.446. The van der Waals surface area contributed by atoms with E-state index in [-0.39, 0.29) is 11.5 Å². The van der Waals surface area contributed by atoms with Gasteiger partial charge in [0, 0.05) is 19.3 Å². The molecular formula is C16H15FN4OS. The molecule has 2 heterocycles. The summed E-state index contributed by atoms with van der Waals surface area (Å²) in [6.45, 7) is 5.91. The normalized spacial score (nSPS) is 12.0. The van der Waals surface area contributed by atoms with Gasteiger partial charge in [0.05, 0.1) is 10.2 Å². The minimum absolute atomic E-state index is 0.271. The molecule has 5 nitrogen and oxygen atoms in total. The van der Waals surface area contributed by atoms with Crippen molar-refractivity contribution in [2.24, 2.45) is 12.0 Å². The van der Waals surface area contributed by atoms with E-state index in [9.17, 15) is 9.18 Å². The van der Waals surface area contributed by atoms with E-state index in [1.165, 1.54) is 17.4 Å². The Balaban J connectivity index is 2.18. The van der Waals surface area contributed by atoms with Crippen molar-refractivity contribution < 1.29 is 9.18 Å². The third-order valence-corrected chi connectivity index (χ3v) is 4.54. The van der Waals surface area contributed by atoms with Gasteiger partial charge in [-0.1, -0.05) is 23.5 Å². The lowest BCUT2D eigenvalue weighted by Crippen LogP contribution is -2.17. The van der Waals surface area contributed by atoms with Crippen molar-refractivity contribution in [3.05, 3.63) is 58.9 Å². The van der Waals surface area contributed by atoms with Gasteiger partial charge in [-0.3, -0.25) is 9.48 Å². The predicted octanol–water partition coefficient (Wildman–Crippen LogP) is 2.81. The number of hydrogen-bond donors (Lipinski definition) is 0. The zero-order valence-corrected chi connectivity index (χ0v) is 13.6. The first-order valence-corrected chi connectivity index (χ1v) is 7.81. The quantitative estimate of drug-likeness (QED) is 0.694. The number of aryl methyl sites for hydroxylation is 2. The first-order chi connectivity index (χ1) is 11.0. The van der Waals surface area contributed by atoms with Crippen LogP contribution in [0, 0.1) is 12.7 Å². The lowest BCUT2D eigenvalue weighted by molar-refractivity contribution is 0.0992. The number of hydrogen-bond acceptors (Lipinski definition) is 3. The van der Waals surface area contributed by atoms with E-state index in [1.54, 1.807) is 40.6 Å². The molecule has 3 aromatic rings. The summed E-state index contributed by atoms with van der Waals surface area (Å²) < 4.78 is 18.1. The van der Waals surface area contributed by atoms with Gasteiger partial charge in [-0.2, -0.15) is 10.1 Å². The van der Waals surface area contributed by atoms with Crippen LogP contribution in [0.25, 0.3) is 10.2 Å². The zero-order valence-electron chi connectivity index (χ0n) is 12.8. The molecule has 0 fully saturated rings. The first kappa shape index (κ1) is 15.4. The summed E-state index contributed by atoms with van der Waals surface area (Å²) in [5.74, 6) is -0.790. The second-order valence-corrected chi connectivity index (χ2v) is 6.09. The Bertz CT molecular complexity index is 960. The van der Waals surface area contributed by atoms with E-state index in [0.29, 0.717) is 16.9 Å². The molecule has 3 rings (SSSR count). The number of rotatable bonds is 3. The molecule has 2 aromatic heterocycles. The first-order valence-electron chi connectivity index (χ1n) is 6.99. The van der Waals surface area contributed by atoms with Crippen LogP contribution in [-0.2, 0) is 13.6 Å². The number of carbonyl (C=O) groups is 1. The predicted molar refractivity (Wildman–Crippen MR) is 87.8 cm³/mol. The Labute approximate surface area is 136 Å². The van der Waals surface area contributed by atoms with Crippen molar-refractivity contribution in [3.8, 4) is 0 Å². The Kier molecular flexibility index (Phi) is 3.96. The monoisotopic (exact) mass is 330 g/mol. The fourth-order valence-corrected chi connectivity index (χ4v) is 3.33. The molecule has 0 atom stereocenters. The summed E-state index contributed by atoms with van der Waals surface area (Å²) in [5, 5.41) is 4.13. The van der Waals surface area contributed by atoms with Crippen molar-refractivity contribution in [1.29, 1.82) is 0 Å². The number of benzene rings is 1. The summed E-state index contributed by atoms with van der Waals surface area (Å²) in [6.07, 6.45) is 1.65. The number of aromatic nitrogens is 3. The SMILES string of the molecule is C=CCn1c(=NC(=O)c2cc(C)n(C)n2)sc2cccc(F)c21. The summed E-state index contributed by atoms with van der Waals surface area (Å²) in [4.78, 5) is 16.9. The van der Waals surface area contributed by atoms with Gasteiger partial charge < -0.3 is 4.57 Å². The lowest BCUT2D eigenvalue weighted by Gasteiger charge is -2.01. The van der Waals surface area contributed by atoms with Gasteiger partial charge in [-0.15, -0.1) is 6.58 Å². The molecule has 0 aliphatic rings. The van der Waals surface area contributed by atoms with E-state index >= 15 is 0 Å². The van der Waals surface area contributed by atoms with Crippen LogP contribution in [-0.4, -0.2) is 20.3 Å². The molecule has 0 saturated carbocycles. The van der Waals surface area contributed by atoms with Crippen LogP contribution in [0.15, 0.2) is 41.9 Å². The van der Waals surface area contributed by atoms with Crippen LogP contribution >= 0.6 is 11.3 Å². The van der Waals surface area contributed by atoms with Gasteiger partial charge in [0.1, 0.15) is 5.82 Å². The van der Waals surface area contributed by atoms with Gasteiger partial charge in [-0.25, -0.2) is 4.39 Å². The van der Waals surface area contributed by atoms with Crippen LogP contribution in [0.2, 0.25) is 0 Å². The van der Waals surface area contributed by atoms with Crippen LogP contribution in [0.1, 0.15) is 16.2 Å². The Morgan fingerprint density at radius 1 is 1.52 bits per heavy atom. The van der Waals surface area contributed by atoms with Crippen molar-refractivity contribution in [2.45, 2.75) is 13.5 Å². The molecule has 0 spiro atoms. The van der Waals surface area contributed by atoms with E-state index in [2.05, 4.69) is 16.7 Å². The average molecular weight is 330 g/mol. The maximum Gasteiger partial charge on any atom is 0.300 e. The molecule has 0 aliphatic carbocycles. The average Bonchev–Trinajstić information content (AvgIpc) is 3.02. The molecule has 1 aromatic carbocycles. The third kappa shape index (κ3) is 2.75. The molecule has 23 heavy (non-hydrogen) atoms. The molecule has 0 radical (unpaired) electrons. The number of para-hydroxylation sites is 1. The van der Waals surface area contributed by atoms with Gasteiger partial charge >= 0.3 is 0 Å². The number of carbonyl (C=O) groups excluding carboxylic acids is 1. The Hall–Kier alpha value is -2.54. The second kappa shape index (κ2) is 5.92. The highest BCUT2D eigenvalue weighted by atomic mass is 32.1. The van der Waals surface area contributed by atoms with Gasteiger partial charge in [0.15, 0.2) is 10.5 Å². The number of amides is 1. The van der Waals surface area contributed by atoms with E-state index in [0.717, 1.165) is 10.4 Å². The molecule has 0 bridgehead atoms. The van der Waals surface area contributed by atoms with Gasteiger partial charge in [0.2, 0.25) is 0 Å². The molecule has 0 N–H and O–H groups in total. The highest BCUT2D eigenvalue weighted by Crippen LogP contribution is 2.20. The summed E-state index contributed by atoms with van der Waals surface area (Å²) >= 11 is 1.27. The molecule has 0 aliphatic heterocycles. The highest BCUT2D eigenvalue weighted by molar-refractivity contribution is 7.16. The van der Waals surface area contributed by atoms with Crippen molar-refractivity contribution in [3.63, 3.8) is 0 Å². The number of nitrogens with zero attached hydrogens (tertiary/aromatic N) is 4. The Morgan fingerprint density at radius 3 is 2.96 bits per heavy atom. The highest BCUT2D eigenvalue weighted by Gasteiger charge is 2.13. The zero-order chi connectivity index (χ0) is 16.6.